The lowest BCUT2D eigenvalue weighted by Crippen LogP contribution is -2.34. The molecule has 1 nitrogen and oxygen atoms in total. The predicted molar refractivity (Wildman–Crippen MR) is 72.6 cm³/mol. The van der Waals surface area contributed by atoms with Gasteiger partial charge in [0.15, 0.2) is 0 Å². The maximum Gasteiger partial charge on any atom is 0.0139 e. The van der Waals surface area contributed by atoms with Crippen LogP contribution in [0.3, 0.4) is 0 Å². The molecule has 1 rings (SSSR count). The molecule has 2 unspecified atom stereocenters. The highest BCUT2D eigenvalue weighted by Gasteiger charge is 2.21. The standard InChI is InChI=1S/C15H29N/c1-12(2)8-9-16-15-7-5-6-14(11-15)10-13(3)4/h8,13-16H,5-7,9-11H2,1-4H3. The van der Waals surface area contributed by atoms with Crippen LogP contribution < -0.4 is 5.32 Å². The van der Waals surface area contributed by atoms with Crippen molar-refractivity contribution in [3.05, 3.63) is 11.6 Å². The first-order chi connectivity index (χ1) is 7.58. The fraction of sp³-hybridized carbons (Fsp3) is 0.867. The third-order valence-corrected chi connectivity index (χ3v) is 3.50. The molecule has 1 fully saturated rings. The van der Waals surface area contributed by atoms with Gasteiger partial charge >= 0.3 is 0 Å². The van der Waals surface area contributed by atoms with Crippen LogP contribution in [0.4, 0.5) is 0 Å². The van der Waals surface area contributed by atoms with Crippen molar-refractivity contribution in [1.29, 1.82) is 0 Å². The van der Waals surface area contributed by atoms with Crippen LogP contribution in [0.15, 0.2) is 11.6 Å². The summed E-state index contributed by atoms with van der Waals surface area (Å²) in [4.78, 5) is 0. The van der Waals surface area contributed by atoms with Crippen LogP contribution in [0.25, 0.3) is 0 Å². The summed E-state index contributed by atoms with van der Waals surface area (Å²) < 4.78 is 0. The molecule has 0 spiro atoms. The molecule has 0 aliphatic heterocycles. The molecule has 0 bridgehead atoms. The molecule has 0 aromatic heterocycles. The Morgan fingerprint density at radius 2 is 2.06 bits per heavy atom. The van der Waals surface area contributed by atoms with Gasteiger partial charge in [0.25, 0.3) is 0 Å². The summed E-state index contributed by atoms with van der Waals surface area (Å²) in [7, 11) is 0. The summed E-state index contributed by atoms with van der Waals surface area (Å²) in [5, 5.41) is 3.68. The molecule has 2 atom stereocenters. The van der Waals surface area contributed by atoms with E-state index < -0.39 is 0 Å². The third-order valence-electron chi connectivity index (χ3n) is 3.50. The Morgan fingerprint density at radius 3 is 2.69 bits per heavy atom. The molecule has 0 heterocycles. The largest absolute Gasteiger partial charge is 0.311 e. The molecule has 1 heteroatoms. The van der Waals surface area contributed by atoms with Gasteiger partial charge in [-0.15, -0.1) is 0 Å². The first kappa shape index (κ1) is 13.8. The topological polar surface area (TPSA) is 12.0 Å². The van der Waals surface area contributed by atoms with Gasteiger partial charge in [-0.1, -0.05) is 38.3 Å². The Hall–Kier alpha value is -0.300. The monoisotopic (exact) mass is 223 g/mol. The Labute approximate surface area is 102 Å². The molecule has 0 amide bonds. The normalized spacial score (nSPS) is 25.8. The number of hydrogen-bond donors (Lipinski definition) is 1. The lowest BCUT2D eigenvalue weighted by atomic mass is 9.81. The highest BCUT2D eigenvalue weighted by molar-refractivity contribution is 4.95. The van der Waals surface area contributed by atoms with Gasteiger partial charge in [0, 0.05) is 12.6 Å². The quantitative estimate of drug-likeness (QED) is 0.691. The molecule has 1 aliphatic rings. The van der Waals surface area contributed by atoms with Gasteiger partial charge in [0.05, 0.1) is 0 Å². The predicted octanol–water partition coefficient (Wildman–Crippen LogP) is 4.15. The zero-order chi connectivity index (χ0) is 12.0. The highest BCUT2D eigenvalue weighted by atomic mass is 14.9. The molecule has 0 radical (unpaired) electrons. The van der Waals surface area contributed by atoms with Crippen molar-refractivity contribution in [3.8, 4) is 0 Å². The highest BCUT2D eigenvalue weighted by Crippen LogP contribution is 2.29. The summed E-state index contributed by atoms with van der Waals surface area (Å²) in [6.45, 7) is 10.1. The molecule has 16 heavy (non-hydrogen) atoms. The second-order valence-electron chi connectivity index (χ2n) is 6.05. The van der Waals surface area contributed by atoms with Gasteiger partial charge in [-0.05, 0) is 44.9 Å². The number of allylic oxidation sites excluding steroid dienone is 1. The van der Waals surface area contributed by atoms with Gasteiger partial charge in [0.2, 0.25) is 0 Å². The molecule has 94 valence electrons. The van der Waals surface area contributed by atoms with Crippen LogP contribution in [0.2, 0.25) is 0 Å². The van der Waals surface area contributed by atoms with E-state index in [4.69, 9.17) is 0 Å². The summed E-state index contributed by atoms with van der Waals surface area (Å²) in [6, 6.07) is 0.771. The molecule has 0 aromatic rings. The van der Waals surface area contributed by atoms with Crippen LogP contribution >= 0.6 is 0 Å². The second-order valence-corrected chi connectivity index (χ2v) is 6.05. The summed E-state index contributed by atoms with van der Waals surface area (Å²) in [5.74, 6) is 1.83. The number of hydrogen-bond acceptors (Lipinski definition) is 1. The van der Waals surface area contributed by atoms with Crippen molar-refractivity contribution in [3.63, 3.8) is 0 Å². The lowest BCUT2D eigenvalue weighted by molar-refractivity contribution is 0.257. The zero-order valence-corrected chi connectivity index (χ0v) is 11.6. The van der Waals surface area contributed by atoms with Gasteiger partial charge in [0.1, 0.15) is 0 Å². The van der Waals surface area contributed by atoms with Crippen molar-refractivity contribution in [2.75, 3.05) is 6.54 Å². The lowest BCUT2D eigenvalue weighted by Gasteiger charge is -2.30. The van der Waals surface area contributed by atoms with Gasteiger partial charge < -0.3 is 5.32 Å². The number of nitrogens with one attached hydrogen (secondary N) is 1. The summed E-state index contributed by atoms with van der Waals surface area (Å²) >= 11 is 0. The average Bonchev–Trinajstić information content (AvgIpc) is 2.16. The Kier molecular flexibility index (Phi) is 6.12. The van der Waals surface area contributed by atoms with Crippen LogP contribution in [0.5, 0.6) is 0 Å². The van der Waals surface area contributed by atoms with E-state index in [1.807, 2.05) is 0 Å². The van der Waals surface area contributed by atoms with E-state index in [0.717, 1.165) is 24.4 Å². The SMILES string of the molecule is CC(C)=CCNC1CCCC(CC(C)C)C1. The first-order valence-electron chi connectivity index (χ1n) is 6.94. The van der Waals surface area contributed by atoms with Crippen molar-refractivity contribution >= 4 is 0 Å². The smallest absolute Gasteiger partial charge is 0.0139 e. The van der Waals surface area contributed by atoms with Gasteiger partial charge in [-0.2, -0.15) is 0 Å². The maximum absolute atomic E-state index is 3.68. The molecule has 0 aromatic carbocycles. The van der Waals surface area contributed by atoms with Crippen LogP contribution in [0.1, 0.15) is 59.8 Å². The molecule has 1 saturated carbocycles. The van der Waals surface area contributed by atoms with Crippen LogP contribution in [-0.2, 0) is 0 Å². The fourth-order valence-electron chi connectivity index (χ4n) is 2.79. The maximum atomic E-state index is 3.68. The minimum Gasteiger partial charge on any atom is -0.311 e. The Bertz CT molecular complexity index is 213. The number of rotatable bonds is 5. The first-order valence-corrected chi connectivity index (χ1v) is 6.94. The van der Waals surface area contributed by atoms with E-state index in [1.165, 1.54) is 37.7 Å². The minimum atomic E-state index is 0.771. The minimum absolute atomic E-state index is 0.771. The molecule has 1 aliphatic carbocycles. The van der Waals surface area contributed by atoms with Gasteiger partial charge in [-0.25, -0.2) is 0 Å². The van der Waals surface area contributed by atoms with E-state index in [9.17, 15) is 0 Å². The van der Waals surface area contributed by atoms with E-state index in [0.29, 0.717) is 0 Å². The van der Waals surface area contributed by atoms with Crippen LogP contribution in [0, 0.1) is 11.8 Å². The summed E-state index contributed by atoms with van der Waals surface area (Å²) in [5.41, 5.74) is 1.42. The molecule has 0 saturated heterocycles. The summed E-state index contributed by atoms with van der Waals surface area (Å²) in [6.07, 6.45) is 9.37. The van der Waals surface area contributed by atoms with E-state index in [2.05, 4.69) is 39.1 Å². The van der Waals surface area contributed by atoms with Gasteiger partial charge in [-0.3, -0.25) is 0 Å². The van der Waals surface area contributed by atoms with E-state index in [1.54, 1.807) is 0 Å². The van der Waals surface area contributed by atoms with E-state index in [-0.39, 0.29) is 0 Å². The van der Waals surface area contributed by atoms with Crippen molar-refractivity contribution < 1.29 is 0 Å². The average molecular weight is 223 g/mol. The second kappa shape index (κ2) is 7.11. The van der Waals surface area contributed by atoms with Crippen molar-refractivity contribution in [2.45, 2.75) is 65.8 Å². The molecular weight excluding hydrogens is 194 g/mol. The Balaban J connectivity index is 2.25. The molecular formula is C15H29N. The van der Waals surface area contributed by atoms with E-state index >= 15 is 0 Å². The zero-order valence-electron chi connectivity index (χ0n) is 11.6. The molecule has 1 N–H and O–H groups in total. The van der Waals surface area contributed by atoms with Crippen molar-refractivity contribution in [2.24, 2.45) is 11.8 Å². The Morgan fingerprint density at radius 1 is 1.31 bits per heavy atom. The van der Waals surface area contributed by atoms with Crippen molar-refractivity contribution in [1.82, 2.24) is 5.32 Å². The third kappa shape index (κ3) is 5.69. The van der Waals surface area contributed by atoms with Crippen LogP contribution in [-0.4, -0.2) is 12.6 Å². The fourth-order valence-corrected chi connectivity index (χ4v) is 2.79.